The lowest BCUT2D eigenvalue weighted by molar-refractivity contribution is -0.121. The third kappa shape index (κ3) is 3.52. The van der Waals surface area contributed by atoms with Gasteiger partial charge in [-0.3, -0.25) is 4.79 Å². The first-order chi connectivity index (χ1) is 7.69. The molecule has 0 radical (unpaired) electrons. The van der Waals surface area contributed by atoms with E-state index in [1.165, 1.54) is 0 Å². The van der Waals surface area contributed by atoms with E-state index in [-0.39, 0.29) is 11.9 Å². The van der Waals surface area contributed by atoms with Gasteiger partial charge in [-0.2, -0.15) is 0 Å². The standard InChI is InChI=1S/C12H16BrNO2/c1-9(14-12(15)7-8-13)10-5-3-4-6-11(10)16-2/h3-6,9H,7-8H2,1-2H3,(H,14,15). The van der Waals surface area contributed by atoms with Crippen LogP contribution in [-0.4, -0.2) is 18.3 Å². The van der Waals surface area contributed by atoms with Crippen molar-refractivity contribution < 1.29 is 9.53 Å². The van der Waals surface area contributed by atoms with Gasteiger partial charge in [0.25, 0.3) is 0 Å². The van der Waals surface area contributed by atoms with E-state index in [9.17, 15) is 4.79 Å². The summed E-state index contributed by atoms with van der Waals surface area (Å²) in [6, 6.07) is 7.66. The molecule has 1 rings (SSSR count). The van der Waals surface area contributed by atoms with Gasteiger partial charge in [-0.25, -0.2) is 0 Å². The number of ether oxygens (including phenoxy) is 1. The highest BCUT2D eigenvalue weighted by Crippen LogP contribution is 2.24. The van der Waals surface area contributed by atoms with Crippen molar-refractivity contribution in [2.45, 2.75) is 19.4 Å². The molecule has 1 N–H and O–H groups in total. The SMILES string of the molecule is COc1ccccc1C(C)NC(=O)CCBr. The molecule has 4 heteroatoms. The average Bonchev–Trinajstić information content (AvgIpc) is 2.29. The number of rotatable bonds is 5. The molecule has 0 heterocycles. The molecule has 0 saturated carbocycles. The summed E-state index contributed by atoms with van der Waals surface area (Å²) in [5.41, 5.74) is 0.993. The second-order valence-electron chi connectivity index (χ2n) is 3.47. The molecule has 88 valence electrons. The molecule has 1 unspecified atom stereocenters. The fourth-order valence-electron chi connectivity index (χ4n) is 1.50. The highest BCUT2D eigenvalue weighted by molar-refractivity contribution is 9.09. The number of amides is 1. The largest absolute Gasteiger partial charge is 0.496 e. The second kappa shape index (κ2) is 6.53. The number of nitrogens with one attached hydrogen (secondary N) is 1. The van der Waals surface area contributed by atoms with E-state index in [0.717, 1.165) is 11.3 Å². The lowest BCUT2D eigenvalue weighted by Gasteiger charge is -2.16. The van der Waals surface area contributed by atoms with E-state index in [1.807, 2.05) is 31.2 Å². The molecule has 1 atom stereocenters. The van der Waals surface area contributed by atoms with Crippen LogP contribution in [0.1, 0.15) is 24.9 Å². The molecule has 0 fully saturated rings. The molecule has 1 aromatic rings. The van der Waals surface area contributed by atoms with Gasteiger partial charge in [0.1, 0.15) is 5.75 Å². The van der Waals surface area contributed by atoms with Crippen molar-refractivity contribution >= 4 is 21.8 Å². The predicted octanol–water partition coefficient (Wildman–Crippen LogP) is 2.66. The summed E-state index contributed by atoms with van der Waals surface area (Å²) in [6.07, 6.45) is 0.486. The number of para-hydroxylation sites is 1. The Morgan fingerprint density at radius 1 is 1.50 bits per heavy atom. The van der Waals surface area contributed by atoms with Crippen molar-refractivity contribution in [3.8, 4) is 5.75 Å². The zero-order chi connectivity index (χ0) is 12.0. The van der Waals surface area contributed by atoms with E-state index in [0.29, 0.717) is 11.8 Å². The lowest BCUT2D eigenvalue weighted by atomic mass is 10.1. The normalized spacial score (nSPS) is 11.9. The number of carbonyl (C=O) groups is 1. The third-order valence-electron chi connectivity index (χ3n) is 2.30. The molecule has 0 bridgehead atoms. The van der Waals surface area contributed by atoms with Gasteiger partial charge in [-0.15, -0.1) is 0 Å². The van der Waals surface area contributed by atoms with E-state index in [2.05, 4.69) is 21.2 Å². The fraction of sp³-hybridized carbons (Fsp3) is 0.417. The Kier molecular flexibility index (Phi) is 5.32. The Hall–Kier alpha value is -1.03. The van der Waals surface area contributed by atoms with Gasteiger partial charge >= 0.3 is 0 Å². The van der Waals surface area contributed by atoms with Gasteiger partial charge < -0.3 is 10.1 Å². The molecular formula is C12H16BrNO2. The average molecular weight is 286 g/mol. The molecule has 0 aliphatic carbocycles. The van der Waals surface area contributed by atoms with Gasteiger partial charge in [0.2, 0.25) is 5.91 Å². The minimum absolute atomic E-state index is 0.0373. The topological polar surface area (TPSA) is 38.3 Å². The summed E-state index contributed by atoms with van der Waals surface area (Å²) in [6.45, 7) is 1.95. The first-order valence-electron chi connectivity index (χ1n) is 5.17. The quantitative estimate of drug-likeness (QED) is 0.845. The van der Waals surface area contributed by atoms with Gasteiger partial charge in [0.15, 0.2) is 0 Å². The fourth-order valence-corrected chi connectivity index (χ4v) is 1.86. The van der Waals surface area contributed by atoms with Crippen molar-refractivity contribution in [1.82, 2.24) is 5.32 Å². The first-order valence-corrected chi connectivity index (χ1v) is 6.29. The predicted molar refractivity (Wildman–Crippen MR) is 68.0 cm³/mol. The zero-order valence-electron chi connectivity index (χ0n) is 9.50. The van der Waals surface area contributed by atoms with Crippen LogP contribution in [-0.2, 0) is 4.79 Å². The molecule has 0 saturated heterocycles. The van der Waals surface area contributed by atoms with Crippen LogP contribution < -0.4 is 10.1 Å². The molecule has 0 spiro atoms. The third-order valence-corrected chi connectivity index (χ3v) is 2.70. The minimum Gasteiger partial charge on any atom is -0.496 e. The maximum absolute atomic E-state index is 11.4. The van der Waals surface area contributed by atoms with E-state index >= 15 is 0 Å². The molecule has 1 aromatic carbocycles. The Balaban J connectivity index is 2.72. The molecular weight excluding hydrogens is 270 g/mol. The van der Waals surface area contributed by atoms with Crippen molar-refractivity contribution in [1.29, 1.82) is 0 Å². The molecule has 0 aliphatic rings. The summed E-state index contributed by atoms with van der Waals surface area (Å²) < 4.78 is 5.25. The van der Waals surface area contributed by atoms with Gasteiger partial charge in [-0.1, -0.05) is 34.1 Å². The number of methoxy groups -OCH3 is 1. The minimum atomic E-state index is -0.0392. The van der Waals surface area contributed by atoms with Crippen LogP contribution in [0.2, 0.25) is 0 Å². The summed E-state index contributed by atoms with van der Waals surface area (Å²) in [5, 5.41) is 3.60. The maximum Gasteiger partial charge on any atom is 0.221 e. The highest BCUT2D eigenvalue weighted by Gasteiger charge is 2.12. The Morgan fingerprint density at radius 2 is 2.19 bits per heavy atom. The monoisotopic (exact) mass is 285 g/mol. The number of hydrogen-bond acceptors (Lipinski definition) is 2. The number of carbonyl (C=O) groups excluding carboxylic acids is 1. The molecule has 3 nitrogen and oxygen atoms in total. The van der Waals surface area contributed by atoms with Crippen molar-refractivity contribution in [2.24, 2.45) is 0 Å². The Morgan fingerprint density at radius 3 is 2.81 bits per heavy atom. The Bertz CT molecular complexity index is 355. The van der Waals surface area contributed by atoms with Crippen molar-refractivity contribution in [3.63, 3.8) is 0 Å². The van der Waals surface area contributed by atoms with E-state index in [1.54, 1.807) is 7.11 Å². The zero-order valence-corrected chi connectivity index (χ0v) is 11.1. The summed E-state index contributed by atoms with van der Waals surface area (Å²) >= 11 is 3.24. The highest BCUT2D eigenvalue weighted by atomic mass is 79.9. The van der Waals surface area contributed by atoms with Crippen LogP contribution in [0.25, 0.3) is 0 Å². The summed E-state index contributed by atoms with van der Waals surface area (Å²) in [4.78, 5) is 11.4. The number of hydrogen-bond donors (Lipinski definition) is 1. The van der Waals surface area contributed by atoms with Crippen LogP contribution in [0.4, 0.5) is 0 Å². The van der Waals surface area contributed by atoms with Crippen LogP contribution >= 0.6 is 15.9 Å². The molecule has 16 heavy (non-hydrogen) atoms. The van der Waals surface area contributed by atoms with Crippen molar-refractivity contribution in [3.05, 3.63) is 29.8 Å². The van der Waals surface area contributed by atoms with Gasteiger partial charge in [-0.05, 0) is 13.0 Å². The van der Waals surface area contributed by atoms with Crippen LogP contribution in [0.15, 0.2) is 24.3 Å². The Labute approximate surface area is 104 Å². The first kappa shape index (κ1) is 13.0. The smallest absolute Gasteiger partial charge is 0.221 e. The van der Waals surface area contributed by atoms with E-state index in [4.69, 9.17) is 4.74 Å². The number of alkyl halides is 1. The second-order valence-corrected chi connectivity index (χ2v) is 4.26. The molecule has 0 aliphatic heterocycles. The van der Waals surface area contributed by atoms with Gasteiger partial charge in [0.05, 0.1) is 13.2 Å². The number of halogens is 1. The number of benzene rings is 1. The van der Waals surface area contributed by atoms with Crippen molar-refractivity contribution in [2.75, 3.05) is 12.4 Å². The van der Waals surface area contributed by atoms with Crippen LogP contribution in [0.5, 0.6) is 5.75 Å². The molecule has 0 aromatic heterocycles. The van der Waals surface area contributed by atoms with Gasteiger partial charge in [0, 0.05) is 17.3 Å². The van der Waals surface area contributed by atoms with Crippen LogP contribution in [0, 0.1) is 0 Å². The molecule has 1 amide bonds. The lowest BCUT2D eigenvalue weighted by Crippen LogP contribution is -2.26. The van der Waals surface area contributed by atoms with E-state index < -0.39 is 0 Å². The van der Waals surface area contributed by atoms with Crippen LogP contribution in [0.3, 0.4) is 0 Å². The summed E-state index contributed by atoms with van der Waals surface area (Å²) in [5.74, 6) is 0.837. The maximum atomic E-state index is 11.4. The summed E-state index contributed by atoms with van der Waals surface area (Å²) in [7, 11) is 1.63.